The van der Waals surface area contributed by atoms with Crippen molar-refractivity contribution in [3.8, 4) is 0 Å². The Bertz CT molecular complexity index is 525. The van der Waals surface area contributed by atoms with Crippen molar-refractivity contribution >= 4 is 27.3 Å². The van der Waals surface area contributed by atoms with Crippen molar-refractivity contribution in [2.24, 2.45) is 5.92 Å². The monoisotopic (exact) mass is 261 g/mol. The van der Waals surface area contributed by atoms with Gasteiger partial charge in [-0.2, -0.15) is 0 Å². The van der Waals surface area contributed by atoms with E-state index in [0.717, 1.165) is 36.3 Å². The summed E-state index contributed by atoms with van der Waals surface area (Å²) in [5.41, 5.74) is 0.922. The number of nitrogens with zero attached hydrogens (tertiary/aromatic N) is 1. The van der Waals surface area contributed by atoms with Crippen molar-refractivity contribution in [3.05, 3.63) is 29.3 Å². The number of para-hydroxylation sites is 1. The molecule has 0 N–H and O–H groups in total. The van der Waals surface area contributed by atoms with E-state index in [1.54, 1.807) is 0 Å². The van der Waals surface area contributed by atoms with E-state index in [-0.39, 0.29) is 5.78 Å². The van der Waals surface area contributed by atoms with Crippen LogP contribution in [0.1, 0.15) is 29.1 Å². The number of Topliss-reactive ketones (excluding diaryl/α,β-unsaturated/α-hetero) is 1. The van der Waals surface area contributed by atoms with Gasteiger partial charge in [0.1, 0.15) is 0 Å². The molecule has 1 aromatic carbocycles. The van der Waals surface area contributed by atoms with E-state index in [1.165, 1.54) is 11.3 Å². The van der Waals surface area contributed by atoms with Crippen molar-refractivity contribution in [2.45, 2.75) is 19.3 Å². The lowest BCUT2D eigenvalue weighted by atomic mass is 9.96. The molecule has 4 heteroatoms. The van der Waals surface area contributed by atoms with Crippen LogP contribution in [0.25, 0.3) is 10.2 Å². The van der Waals surface area contributed by atoms with Crippen LogP contribution in [0.15, 0.2) is 24.3 Å². The number of ketones is 1. The maximum Gasteiger partial charge on any atom is 0.191 e. The Labute approximate surface area is 110 Å². The van der Waals surface area contributed by atoms with Crippen LogP contribution in [0.5, 0.6) is 0 Å². The molecule has 0 amide bonds. The molecule has 2 heterocycles. The second kappa shape index (κ2) is 5.16. The molecule has 1 aromatic heterocycles. The molecule has 3 nitrogen and oxygen atoms in total. The van der Waals surface area contributed by atoms with E-state index in [9.17, 15) is 4.79 Å². The lowest BCUT2D eigenvalue weighted by molar-refractivity contribution is 0.0488. The third kappa shape index (κ3) is 2.44. The SMILES string of the molecule is O=C(CC1CCCOC1)c1nc2ccccc2s1. The summed E-state index contributed by atoms with van der Waals surface area (Å²) in [6.07, 6.45) is 2.73. The second-order valence-corrected chi connectivity index (χ2v) is 5.73. The van der Waals surface area contributed by atoms with E-state index < -0.39 is 0 Å². The molecule has 1 saturated heterocycles. The molecule has 0 aliphatic carbocycles. The molecule has 0 radical (unpaired) electrons. The number of aromatic nitrogens is 1. The summed E-state index contributed by atoms with van der Waals surface area (Å²) < 4.78 is 6.49. The fourth-order valence-corrected chi connectivity index (χ4v) is 3.22. The lowest BCUT2D eigenvalue weighted by Gasteiger charge is -2.20. The molecule has 94 valence electrons. The highest BCUT2D eigenvalue weighted by molar-refractivity contribution is 7.20. The van der Waals surface area contributed by atoms with E-state index in [4.69, 9.17) is 4.74 Å². The summed E-state index contributed by atoms with van der Waals surface area (Å²) in [6.45, 7) is 1.56. The van der Waals surface area contributed by atoms with Crippen LogP contribution in [-0.2, 0) is 4.74 Å². The van der Waals surface area contributed by atoms with Gasteiger partial charge in [-0.15, -0.1) is 11.3 Å². The van der Waals surface area contributed by atoms with E-state index in [0.29, 0.717) is 17.3 Å². The third-order valence-electron chi connectivity index (χ3n) is 3.26. The zero-order valence-corrected chi connectivity index (χ0v) is 10.9. The fraction of sp³-hybridized carbons (Fsp3) is 0.429. The number of thiazole rings is 1. The molecule has 1 fully saturated rings. The van der Waals surface area contributed by atoms with Gasteiger partial charge >= 0.3 is 0 Å². The van der Waals surface area contributed by atoms with Gasteiger partial charge < -0.3 is 4.74 Å². The minimum atomic E-state index is 0.159. The normalized spacial score (nSPS) is 20.1. The smallest absolute Gasteiger partial charge is 0.191 e. The number of carbonyl (C=O) groups excluding carboxylic acids is 1. The summed E-state index contributed by atoms with van der Waals surface area (Å²) in [5.74, 6) is 0.532. The van der Waals surface area contributed by atoms with Gasteiger partial charge in [0.2, 0.25) is 0 Å². The van der Waals surface area contributed by atoms with Crippen molar-refractivity contribution in [1.29, 1.82) is 0 Å². The Balaban J connectivity index is 1.74. The van der Waals surface area contributed by atoms with Gasteiger partial charge in [-0.1, -0.05) is 12.1 Å². The van der Waals surface area contributed by atoms with Crippen molar-refractivity contribution < 1.29 is 9.53 Å². The summed E-state index contributed by atoms with van der Waals surface area (Å²) in [6, 6.07) is 7.88. The van der Waals surface area contributed by atoms with E-state index in [2.05, 4.69) is 4.98 Å². The fourth-order valence-electron chi connectivity index (χ4n) is 2.31. The highest BCUT2D eigenvalue weighted by atomic mass is 32.1. The first-order valence-corrected chi connectivity index (χ1v) is 7.11. The Kier molecular flexibility index (Phi) is 3.39. The van der Waals surface area contributed by atoms with Gasteiger partial charge in [0.05, 0.1) is 10.2 Å². The Morgan fingerprint density at radius 1 is 1.44 bits per heavy atom. The van der Waals surface area contributed by atoms with Crippen molar-refractivity contribution in [2.75, 3.05) is 13.2 Å². The van der Waals surface area contributed by atoms with Crippen LogP contribution in [0.4, 0.5) is 0 Å². The maximum absolute atomic E-state index is 12.2. The summed E-state index contributed by atoms with van der Waals surface area (Å²) in [7, 11) is 0. The second-order valence-electron chi connectivity index (χ2n) is 4.70. The Hall–Kier alpha value is -1.26. The molecule has 1 unspecified atom stereocenters. The number of hydrogen-bond donors (Lipinski definition) is 0. The molecule has 0 spiro atoms. The van der Waals surface area contributed by atoms with Crippen LogP contribution < -0.4 is 0 Å². The van der Waals surface area contributed by atoms with E-state index in [1.807, 2.05) is 24.3 Å². The van der Waals surface area contributed by atoms with Crippen LogP contribution in [0, 0.1) is 5.92 Å². The quantitative estimate of drug-likeness (QED) is 0.796. The first kappa shape index (κ1) is 11.8. The van der Waals surface area contributed by atoms with E-state index >= 15 is 0 Å². The lowest BCUT2D eigenvalue weighted by Crippen LogP contribution is -2.20. The molecule has 2 aromatic rings. The van der Waals surface area contributed by atoms with Gasteiger partial charge in [0.15, 0.2) is 10.8 Å². The average molecular weight is 261 g/mol. The minimum absolute atomic E-state index is 0.159. The van der Waals surface area contributed by atoms with Crippen molar-refractivity contribution in [3.63, 3.8) is 0 Å². The molecular formula is C14H15NO2S. The van der Waals surface area contributed by atoms with Crippen LogP contribution in [0.2, 0.25) is 0 Å². The predicted molar refractivity (Wildman–Crippen MR) is 72.1 cm³/mol. The molecule has 3 rings (SSSR count). The number of fused-ring (bicyclic) bond motifs is 1. The van der Waals surface area contributed by atoms with Gasteiger partial charge in [0, 0.05) is 19.6 Å². The zero-order chi connectivity index (χ0) is 12.4. The predicted octanol–water partition coefficient (Wildman–Crippen LogP) is 3.30. The van der Waals surface area contributed by atoms with Crippen molar-refractivity contribution in [1.82, 2.24) is 4.98 Å². The molecule has 0 bridgehead atoms. The Morgan fingerprint density at radius 2 is 2.33 bits per heavy atom. The average Bonchev–Trinajstić information content (AvgIpc) is 2.84. The summed E-state index contributed by atoms with van der Waals surface area (Å²) >= 11 is 1.49. The number of ether oxygens (including phenoxy) is 1. The van der Waals surface area contributed by atoms with Gasteiger partial charge in [-0.05, 0) is 30.9 Å². The minimum Gasteiger partial charge on any atom is -0.381 e. The largest absolute Gasteiger partial charge is 0.381 e. The summed E-state index contributed by atoms with van der Waals surface area (Å²) in [4.78, 5) is 16.6. The molecular weight excluding hydrogens is 246 g/mol. The Morgan fingerprint density at radius 3 is 3.11 bits per heavy atom. The molecule has 0 saturated carbocycles. The zero-order valence-electron chi connectivity index (χ0n) is 10.1. The number of hydrogen-bond acceptors (Lipinski definition) is 4. The number of benzene rings is 1. The molecule has 1 aliphatic heterocycles. The highest BCUT2D eigenvalue weighted by Crippen LogP contribution is 2.25. The first-order valence-electron chi connectivity index (χ1n) is 6.29. The van der Waals surface area contributed by atoms with Gasteiger partial charge in [0.25, 0.3) is 0 Å². The summed E-state index contributed by atoms with van der Waals surface area (Å²) in [5, 5.41) is 0.641. The molecule has 18 heavy (non-hydrogen) atoms. The van der Waals surface area contributed by atoms with Crippen LogP contribution in [-0.4, -0.2) is 24.0 Å². The topological polar surface area (TPSA) is 39.2 Å². The standard InChI is InChI=1S/C14H15NO2S/c16-12(8-10-4-3-7-17-9-10)14-15-11-5-1-2-6-13(11)18-14/h1-2,5-6,10H,3-4,7-9H2. The van der Waals surface area contributed by atoms with Crippen LogP contribution in [0.3, 0.4) is 0 Å². The third-order valence-corrected chi connectivity index (χ3v) is 4.34. The highest BCUT2D eigenvalue weighted by Gasteiger charge is 2.20. The van der Waals surface area contributed by atoms with Gasteiger partial charge in [-0.25, -0.2) is 4.98 Å². The molecule has 1 atom stereocenters. The number of carbonyl (C=O) groups is 1. The number of rotatable bonds is 3. The van der Waals surface area contributed by atoms with Crippen LogP contribution >= 0.6 is 11.3 Å². The van der Waals surface area contributed by atoms with Gasteiger partial charge in [-0.3, -0.25) is 4.79 Å². The molecule has 1 aliphatic rings. The first-order chi connectivity index (χ1) is 8.83. The maximum atomic E-state index is 12.2.